The maximum atomic E-state index is 11.5. The van der Waals surface area contributed by atoms with Gasteiger partial charge in [-0.05, 0) is 31.5 Å². The van der Waals surface area contributed by atoms with Crippen molar-refractivity contribution in [1.29, 1.82) is 0 Å². The topological polar surface area (TPSA) is 73.6 Å². The van der Waals surface area contributed by atoms with Crippen molar-refractivity contribution in [3.8, 4) is 0 Å². The lowest BCUT2D eigenvalue weighted by atomic mass is 10.2. The van der Waals surface area contributed by atoms with Gasteiger partial charge in [0.05, 0.1) is 6.61 Å². The van der Waals surface area contributed by atoms with Gasteiger partial charge in [-0.3, -0.25) is 5.32 Å². The van der Waals surface area contributed by atoms with E-state index in [1.54, 1.807) is 19.1 Å². The lowest BCUT2D eigenvalue weighted by Gasteiger charge is -2.13. The van der Waals surface area contributed by atoms with Crippen molar-refractivity contribution in [2.45, 2.75) is 26.5 Å². The van der Waals surface area contributed by atoms with Gasteiger partial charge < -0.3 is 15.2 Å². The number of nitrogens with one attached hydrogen (secondary N) is 1. The minimum atomic E-state index is -0.484. The highest BCUT2D eigenvalue weighted by molar-refractivity contribution is 5.84. The molecular weight excluding hydrogens is 232 g/mol. The van der Waals surface area contributed by atoms with Crippen LogP contribution in [0.3, 0.4) is 0 Å². The van der Waals surface area contributed by atoms with Gasteiger partial charge >= 0.3 is 6.09 Å². The van der Waals surface area contributed by atoms with Gasteiger partial charge in [-0.2, -0.15) is 0 Å². The summed E-state index contributed by atoms with van der Waals surface area (Å²) in [5.41, 5.74) is 7.18. The van der Waals surface area contributed by atoms with Crippen LogP contribution in [0.25, 0.3) is 0 Å². The Morgan fingerprint density at radius 1 is 1.39 bits per heavy atom. The first-order valence-corrected chi connectivity index (χ1v) is 6.00. The summed E-state index contributed by atoms with van der Waals surface area (Å²) in [6.45, 7) is 5.17. The van der Waals surface area contributed by atoms with E-state index in [1.165, 1.54) is 0 Å². The minimum Gasteiger partial charge on any atom is -0.444 e. The van der Waals surface area contributed by atoms with Crippen LogP contribution in [-0.4, -0.2) is 25.4 Å². The SMILES string of the molecule is CCOCC(C)OC(=O)Nc1ccc(CN)cc1. The van der Waals surface area contributed by atoms with E-state index in [9.17, 15) is 4.79 Å². The summed E-state index contributed by atoms with van der Waals surface area (Å²) in [6.07, 6.45) is -0.754. The molecule has 18 heavy (non-hydrogen) atoms. The Hall–Kier alpha value is -1.59. The Morgan fingerprint density at radius 2 is 2.06 bits per heavy atom. The predicted octanol–water partition coefficient (Wildman–Crippen LogP) is 2.12. The summed E-state index contributed by atoms with van der Waals surface area (Å²) < 4.78 is 10.3. The fourth-order valence-electron chi connectivity index (χ4n) is 1.37. The van der Waals surface area contributed by atoms with Gasteiger partial charge in [-0.1, -0.05) is 12.1 Å². The lowest BCUT2D eigenvalue weighted by Crippen LogP contribution is -2.24. The van der Waals surface area contributed by atoms with Crippen molar-refractivity contribution in [2.75, 3.05) is 18.5 Å². The van der Waals surface area contributed by atoms with Crippen molar-refractivity contribution < 1.29 is 14.3 Å². The third-order valence-electron chi connectivity index (χ3n) is 2.30. The number of ether oxygens (including phenoxy) is 2. The van der Waals surface area contributed by atoms with Crippen LogP contribution in [-0.2, 0) is 16.0 Å². The standard InChI is InChI=1S/C13H20N2O3/c1-3-17-9-10(2)18-13(16)15-12-6-4-11(8-14)5-7-12/h4-7,10H,3,8-9,14H2,1-2H3,(H,15,16). The highest BCUT2D eigenvalue weighted by atomic mass is 16.6. The fraction of sp³-hybridized carbons (Fsp3) is 0.462. The Labute approximate surface area is 107 Å². The number of carbonyl (C=O) groups is 1. The summed E-state index contributed by atoms with van der Waals surface area (Å²) in [5.74, 6) is 0. The number of anilines is 1. The smallest absolute Gasteiger partial charge is 0.411 e. The van der Waals surface area contributed by atoms with Crippen LogP contribution in [0.5, 0.6) is 0 Å². The molecule has 1 amide bonds. The number of benzene rings is 1. The Bertz CT molecular complexity index is 365. The monoisotopic (exact) mass is 252 g/mol. The van der Waals surface area contributed by atoms with Gasteiger partial charge in [0.25, 0.3) is 0 Å². The van der Waals surface area contributed by atoms with E-state index in [2.05, 4.69) is 5.32 Å². The van der Waals surface area contributed by atoms with E-state index in [4.69, 9.17) is 15.2 Å². The number of hydrogen-bond donors (Lipinski definition) is 2. The first kappa shape index (κ1) is 14.5. The lowest BCUT2D eigenvalue weighted by molar-refractivity contribution is 0.0388. The van der Waals surface area contributed by atoms with Crippen molar-refractivity contribution >= 4 is 11.8 Å². The molecule has 0 aliphatic rings. The van der Waals surface area contributed by atoms with Gasteiger partial charge in [0.1, 0.15) is 6.10 Å². The highest BCUT2D eigenvalue weighted by Gasteiger charge is 2.09. The molecule has 0 bridgehead atoms. The first-order valence-electron chi connectivity index (χ1n) is 6.00. The molecule has 1 rings (SSSR count). The minimum absolute atomic E-state index is 0.270. The second-order valence-electron chi connectivity index (χ2n) is 3.90. The molecule has 1 aromatic carbocycles. The van der Waals surface area contributed by atoms with Crippen molar-refractivity contribution in [3.63, 3.8) is 0 Å². The molecule has 0 aliphatic carbocycles. The van der Waals surface area contributed by atoms with E-state index in [0.29, 0.717) is 25.4 Å². The summed E-state index contributed by atoms with van der Waals surface area (Å²) in [7, 11) is 0. The van der Waals surface area contributed by atoms with Crippen LogP contribution in [0.4, 0.5) is 10.5 Å². The zero-order chi connectivity index (χ0) is 13.4. The molecule has 0 aromatic heterocycles. The van der Waals surface area contributed by atoms with Gasteiger partial charge in [-0.15, -0.1) is 0 Å². The zero-order valence-electron chi connectivity index (χ0n) is 10.8. The third-order valence-corrected chi connectivity index (χ3v) is 2.30. The number of carbonyl (C=O) groups excluding carboxylic acids is 1. The van der Waals surface area contributed by atoms with Gasteiger partial charge in [-0.25, -0.2) is 4.79 Å². The molecule has 0 spiro atoms. The Balaban J connectivity index is 2.39. The number of nitrogens with two attached hydrogens (primary N) is 1. The van der Waals surface area contributed by atoms with Crippen LogP contribution in [0, 0.1) is 0 Å². The van der Waals surface area contributed by atoms with Crippen LogP contribution < -0.4 is 11.1 Å². The molecule has 5 heteroatoms. The molecule has 1 aromatic rings. The van der Waals surface area contributed by atoms with E-state index >= 15 is 0 Å². The molecule has 0 fully saturated rings. The average molecular weight is 252 g/mol. The second-order valence-corrected chi connectivity index (χ2v) is 3.90. The summed E-state index contributed by atoms with van der Waals surface area (Å²) in [6, 6.07) is 7.30. The molecule has 0 heterocycles. The summed E-state index contributed by atoms with van der Waals surface area (Å²) in [5, 5.41) is 2.64. The van der Waals surface area contributed by atoms with Crippen molar-refractivity contribution in [2.24, 2.45) is 5.73 Å². The maximum absolute atomic E-state index is 11.5. The first-order chi connectivity index (χ1) is 8.65. The average Bonchev–Trinajstić information content (AvgIpc) is 2.37. The van der Waals surface area contributed by atoms with Crippen LogP contribution in [0.15, 0.2) is 24.3 Å². The summed E-state index contributed by atoms with van der Waals surface area (Å²) >= 11 is 0. The molecule has 100 valence electrons. The number of amides is 1. The van der Waals surface area contributed by atoms with Crippen molar-refractivity contribution in [3.05, 3.63) is 29.8 Å². The molecule has 0 radical (unpaired) electrons. The van der Waals surface area contributed by atoms with Crippen LogP contribution >= 0.6 is 0 Å². The predicted molar refractivity (Wildman–Crippen MR) is 70.4 cm³/mol. The second kappa shape index (κ2) is 7.68. The molecule has 3 N–H and O–H groups in total. The molecular formula is C13H20N2O3. The van der Waals surface area contributed by atoms with E-state index < -0.39 is 6.09 Å². The van der Waals surface area contributed by atoms with E-state index in [-0.39, 0.29) is 6.10 Å². The van der Waals surface area contributed by atoms with Crippen LogP contribution in [0.1, 0.15) is 19.4 Å². The van der Waals surface area contributed by atoms with Gasteiger partial charge in [0.15, 0.2) is 0 Å². The highest BCUT2D eigenvalue weighted by Crippen LogP contribution is 2.09. The summed E-state index contributed by atoms with van der Waals surface area (Å²) in [4.78, 5) is 11.5. The molecule has 5 nitrogen and oxygen atoms in total. The Morgan fingerprint density at radius 3 is 2.61 bits per heavy atom. The normalized spacial score (nSPS) is 11.9. The number of rotatable bonds is 6. The quantitative estimate of drug-likeness (QED) is 0.813. The molecule has 1 unspecified atom stereocenters. The fourth-order valence-corrected chi connectivity index (χ4v) is 1.37. The molecule has 0 aliphatic heterocycles. The Kier molecular flexibility index (Phi) is 6.18. The van der Waals surface area contributed by atoms with Gasteiger partial charge in [0, 0.05) is 18.8 Å². The number of hydrogen-bond acceptors (Lipinski definition) is 4. The molecule has 0 saturated carbocycles. The third kappa shape index (κ3) is 5.16. The van der Waals surface area contributed by atoms with Crippen LogP contribution in [0.2, 0.25) is 0 Å². The molecule has 0 saturated heterocycles. The zero-order valence-corrected chi connectivity index (χ0v) is 10.8. The largest absolute Gasteiger partial charge is 0.444 e. The van der Waals surface area contributed by atoms with E-state index in [1.807, 2.05) is 19.1 Å². The van der Waals surface area contributed by atoms with Gasteiger partial charge in [0.2, 0.25) is 0 Å². The maximum Gasteiger partial charge on any atom is 0.411 e. The van der Waals surface area contributed by atoms with Crippen molar-refractivity contribution in [1.82, 2.24) is 0 Å². The molecule has 1 atom stereocenters. The van der Waals surface area contributed by atoms with E-state index in [0.717, 1.165) is 5.56 Å².